The van der Waals surface area contributed by atoms with Crippen molar-refractivity contribution >= 4 is 28.6 Å². The number of imide groups is 1. The van der Waals surface area contributed by atoms with E-state index in [4.69, 9.17) is 0 Å². The molecular formula is C20H21N3O3. The van der Waals surface area contributed by atoms with E-state index in [0.29, 0.717) is 31.2 Å². The van der Waals surface area contributed by atoms with E-state index >= 15 is 0 Å². The van der Waals surface area contributed by atoms with Crippen LogP contribution in [-0.4, -0.2) is 50.6 Å². The Hall–Kier alpha value is -2.63. The van der Waals surface area contributed by atoms with Gasteiger partial charge >= 0.3 is 0 Å². The number of piperidine rings is 1. The molecule has 6 heteroatoms. The molecule has 6 nitrogen and oxygen atoms in total. The van der Waals surface area contributed by atoms with Gasteiger partial charge < -0.3 is 9.88 Å². The van der Waals surface area contributed by atoms with Crippen LogP contribution in [0.1, 0.15) is 48.9 Å². The fourth-order valence-corrected chi connectivity index (χ4v) is 5.08. The molecule has 5 rings (SSSR count). The van der Waals surface area contributed by atoms with Crippen molar-refractivity contribution in [3.05, 3.63) is 36.0 Å². The SMILES string of the molecule is O=C1CCC(=O)N1C1CC2CCC(C1)N2C(=O)c1c[nH]c2ccccc12. The molecule has 2 bridgehead atoms. The average molecular weight is 351 g/mol. The highest BCUT2D eigenvalue weighted by Crippen LogP contribution is 2.40. The number of likely N-dealkylation sites (tertiary alicyclic amines) is 1. The van der Waals surface area contributed by atoms with Crippen molar-refractivity contribution in [1.29, 1.82) is 0 Å². The normalized spacial score (nSPS) is 28.4. The molecule has 1 N–H and O–H groups in total. The van der Waals surface area contributed by atoms with Gasteiger partial charge in [-0.05, 0) is 31.7 Å². The Morgan fingerprint density at radius 2 is 1.62 bits per heavy atom. The maximum atomic E-state index is 13.3. The van der Waals surface area contributed by atoms with E-state index in [1.165, 1.54) is 4.90 Å². The number of aromatic amines is 1. The number of fused-ring (bicyclic) bond motifs is 3. The molecular weight excluding hydrogens is 330 g/mol. The Balaban J connectivity index is 1.41. The van der Waals surface area contributed by atoms with Gasteiger partial charge in [-0.2, -0.15) is 0 Å². The minimum atomic E-state index is -0.0456. The zero-order valence-corrected chi connectivity index (χ0v) is 14.5. The summed E-state index contributed by atoms with van der Waals surface area (Å²) in [4.78, 5) is 44.1. The van der Waals surface area contributed by atoms with Crippen LogP contribution >= 0.6 is 0 Å². The third kappa shape index (κ3) is 2.21. The molecule has 1 aromatic carbocycles. The first kappa shape index (κ1) is 15.6. The number of H-pyrrole nitrogens is 1. The molecule has 2 unspecified atom stereocenters. The summed E-state index contributed by atoms with van der Waals surface area (Å²) in [7, 11) is 0. The second-order valence-corrected chi connectivity index (χ2v) is 7.63. The van der Waals surface area contributed by atoms with Crippen molar-refractivity contribution in [1.82, 2.24) is 14.8 Å². The summed E-state index contributed by atoms with van der Waals surface area (Å²) in [5, 5.41) is 0.948. The monoisotopic (exact) mass is 351 g/mol. The Bertz CT molecular complexity index is 888. The van der Waals surface area contributed by atoms with Crippen LogP contribution in [0.5, 0.6) is 0 Å². The lowest BCUT2D eigenvalue weighted by atomic mass is 9.95. The molecule has 0 aliphatic carbocycles. The van der Waals surface area contributed by atoms with Crippen LogP contribution in [0.4, 0.5) is 0 Å². The number of para-hydroxylation sites is 1. The molecule has 0 spiro atoms. The molecule has 3 saturated heterocycles. The van der Waals surface area contributed by atoms with Crippen LogP contribution in [0, 0.1) is 0 Å². The number of hydrogen-bond donors (Lipinski definition) is 1. The molecule has 2 atom stereocenters. The van der Waals surface area contributed by atoms with E-state index in [0.717, 1.165) is 23.7 Å². The predicted molar refractivity (Wildman–Crippen MR) is 95.4 cm³/mol. The Kier molecular flexibility index (Phi) is 3.42. The number of rotatable bonds is 2. The number of carbonyl (C=O) groups excluding carboxylic acids is 3. The van der Waals surface area contributed by atoms with E-state index in [2.05, 4.69) is 4.98 Å². The van der Waals surface area contributed by atoms with Gasteiger partial charge in [-0.15, -0.1) is 0 Å². The highest BCUT2D eigenvalue weighted by atomic mass is 16.2. The lowest BCUT2D eigenvalue weighted by Gasteiger charge is -2.41. The first-order chi connectivity index (χ1) is 12.6. The fraction of sp³-hybridized carbons (Fsp3) is 0.450. The first-order valence-electron chi connectivity index (χ1n) is 9.37. The van der Waals surface area contributed by atoms with Gasteiger partial charge in [-0.3, -0.25) is 19.3 Å². The second-order valence-electron chi connectivity index (χ2n) is 7.63. The molecule has 4 heterocycles. The van der Waals surface area contributed by atoms with Gasteiger partial charge in [0.1, 0.15) is 0 Å². The van der Waals surface area contributed by atoms with Gasteiger partial charge in [0.05, 0.1) is 5.56 Å². The van der Waals surface area contributed by atoms with Gasteiger partial charge in [-0.1, -0.05) is 18.2 Å². The highest BCUT2D eigenvalue weighted by molar-refractivity contribution is 6.07. The van der Waals surface area contributed by atoms with Crippen LogP contribution < -0.4 is 0 Å². The summed E-state index contributed by atoms with van der Waals surface area (Å²) in [6.45, 7) is 0. The molecule has 26 heavy (non-hydrogen) atoms. The summed E-state index contributed by atoms with van der Waals surface area (Å²) in [6, 6.07) is 8.02. The van der Waals surface area contributed by atoms with Crippen LogP contribution in [-0.2, 0) is 9.59 Å². The molecule has 0 saturated carbocycles. The minimum absolute atomic E-state index is 0.0398. The minimum Gasteiger partial charge on any atom is -0.360 e. The average Bonchev–Trinajstić information content (AvgIpc) is 3.29. The highest BCUT2D eigenvalue weighted by Gasteiger charge is 2.48. The van der Waals surface area contributed by atoms with Crippen molar-refractivity contribution in [3.63, 3.8) is 0 Å². The van der Waals surface area contributed by atoms with Gasteiger partial charge in [0.15, 0.2) is 0 Å². The third-order valence-electron chi connectivity index (χ3n) is 6.22. The van der Waals surface area contributed by atoms with Crippen LogP contribution in [0.3, 0.4) is 0 Å². The predicted octanol–water partition coefficient (Wildman–Crippen LogP) is 2.45. The maximum Gasteiger partial charge on any atom is 0.256 e. The van der Waals surface area contributed by atoms with Gasteiger partial charge in [0.2, 0.25) is 11.8 Å². The second kappa shape index (κ2) is 5.69. The topological polar surface area (TPSA) is 73.5 Å². The van der Waals surface area contributed by atoms with Crippen molar-refractivity contribution in [2.75, 3.05) is 0 Å². The molecule has 0 radical (unpaired) electrons. The standard InChI is InChI=1S/C20H21N3O3/c24-18-7-8-19(25)23(18)14-9-12-5-6-13(10-14)22(12)20(26)16-11-21-17-4-2-1-3-15(16)17/h1-4,11-14,21H,5-10H2. The van der Waals surface area contributed by atoms with E-state index in [9.17, 15) is 14.4 Å². The maximum absolute atomic E-state index is 13.3. The van der Waals surface area contributed by atoms with E-state index in [1.54, 1.807) is 6.20 Å². The number of carbonyl (C=O) groups is 3. The first-order valence-corrected chi connectivity index (χ1v) is 9.37. The summed E-state index contributed by atoms with van der Waals surface area (Å²) >= 11 is 0. The van der Waals surface area contributed by atoms with E-state index < -0.39 is 0 Å². The van der Waals surface area contributed by atoms with Crippen LogP contribution in [0.25, 0.3) is 10.9 Å². The van der Waals surface area contributed by atoms with Crippen LogP contribution in [0.15, 0.2) is 30.5 Å². The number of benzene rings is 1. The number of hydrogen-bond acceptors (Lipinski definition) is 3. The quantitative estimate of drug-likeness (QED) is 0.845. The zero-order chi connectivity index (χ0) is 17.8. The largest absolute Gasteiger partial charge is 0.360 e. The zero-order valence-electron chi connectivity index (χ0n) is 14.5. The molecule has 3 aliphatic heterocycles. The van der Waals surface area contributed by atoms with E-state index in [-0.39, 0.29) is 35.8 Å². The molecule has 3 aliphatic rings. The molecule has 134 valence electrons. The molecule has 3 amide bonds. The Morgan fingerprint density at radius 3 is 2.31 bits per heavy atom. The van der Waals surface area contributed by atoms with Crippen molar-refractivity contribution in [2.45, 2.75) is 56.7 Å². The summed E-state index contributed by atoms with van der Waals surface area (Å²) in [5.74, 6) is -0.0286. The fourth-order valence-electron chi connectivity index (χ4n) is 5.08. The summed E-state index contributed by atoms with van der Waals surface area (Å²) in [5.41, 5.74) is 1.68. The van der Waals surface area contributed by atoms with Crippen molar-refractivity contribution < 1.29 is 14.4 Å². The summed E-state index contributed by atoms with van der Waals surface area (Å²) < 4.78 is 0. The van der Waals surface area contributed by atoms with Gasteiger partial charge in [0, 0.05) is 48.1 Å². The number of aromatic nitrogens is 1. The van der Waals surface area contributed by atoms with Crippen LogP contribution in [0.2, 0.25) is 0 Å². The number of nitrogens with one attached hydrogen (secondary N) is 1. The third-order valence-corrected chi connectivity index (χ3v) is 6.22. The van der Waals surface area contributed by atoms with Gasteiger partial charge in [-0.25, -0.2) is 0 Å². The molecule has 3 fully saturated rings. The molecule has 1 aromatic heterocycles. The molecule has 2 aromatic rings. The lowest BCUT2D eigenvalue weighted by molar-refractivity contribution is -0.142. The van der Waals surface area contributed by atoms with Crippen molar-refractivity contribution in [2.24, 2.45) is 0 Å². The van der Waals surface area contributed by atoms with Gasteiger partial charge in [0.25, 0.3) is 5.91 Å². The Labute approximate surface area is 151 Å². The number of amides is 3. The van der Waals surface area contributed by atoms with Crippen molar-refractivity contribution in [3.8, 4) is 0 Å². The number of nitrogens with zero attached hydrogens (tertiary/aromatic N) is 2. The smallest absolute Gasteiger partial charge is 0.256 e. The Morgan fingerprint density at radius 1 is 0.962 bits per heavy atom. The lowest BCUT2D eigenvalue weighted by Crippen LogP contribution is -2.53. The summed E-state index contributed by atoms with van der Waals surface area (Å²) in [6.07, 6.45) is 5.79. The van der Waals surface area contributed by atoms with E-state index in [1.807, 2.05) is 29.2 Å².